The van der Waals surface area contributed by atoms with Gasteiger partial charge in [0.15, 0.2) is 0 Å². The van der Waals surface area contributed by atoms with Crippen molar-refractivity contribution in [3.63, 3.8) is 0 Å². The third-order valence-corrected chi connectivity index (χ3v) is 5.71. The Morgan fingerprint density at radius 1 is 1.05 bits per heavy atom. The fraction of sp³-hybridized carbons (Fsp3) is 0.833. The summed E-state index contributed by atoms with van der Waals surface area (Å²) >= 11 is 2.00. The van der Waals surface area contributed by atoms with Crippen LogP contribution in [0.1, 0.15) is 93.1 Å². The van der Waals surface area contributed by atoms with Crippen molar-refractivity contribution < 1.29 is 0 Å². The minimum atomic E-state index is 0.742. The summed E-state index contributed by atoms with van der Waals surface area (Å²) in [7, 11) is 0. The maximum Gasteiger partial charge on any atom is 0.0962 e. The molecule has 0 aliphatic heterocycles. The molecular weight excluding hydrogens is 276 g/mol. The molecule has 2 nitrogen and oxygen atoms in total. The summed E-state index contributed by atoms with van der Waals surface area (Å²) in [6.07, 6.45) is 13.4. The van der Waals surface area contributed by atoms with E-state index in [1.807, 2.05) is 11.3 Å². The van der Waals surface area contributed by atoms with Crippen LogP contribution in [0.5, 0.6) is 0 Å². The Morgan fingerprint density at radius 3 is 2.43 bits per heavy atom. The van der Waals surface area contributed by atoms with E-state index in [1.54, 1.807) is 0 Å². The van der Waals surface area contributed by atoms with Gasteiger partial charge in [-0.15, -0.1) is 11.3 Å². The monoisotopic (exact) mass is 308 g/mol. The molecule has 1 aromatic heterocycles. The predicted molar refractivity (Wildman–Crippen MR) is 93.2 cm³/mol. The van der Waals surface area contributed by atoms with Gasteiger partial charge in [-0.2, -0.15) is 0 Å². The van der Waals surface area contributed by atoms with Crippen LogP contribution in [-0.2, 0) is 13.0 Å². The third kappa shape index (κ3) is 5.37. The van der Waals surface area contributed by atoms with E-state index in [0.29, 0.717) is 0 Å². The van der Waals surface area contributed by atoms with E-state index < -0.39 is 0 Å². The quantitative estimate of drug-likeness (QED) is 0.680. The number of rotatable bonds is 7. The Hall–Kier alpha value is -0.410. The second-order valence-electron chi connectivity index (χ2n) is 6.39. The Morgan fingerprint density at radius 2 is 1.76 bits per heavy atom. The van der Waals surface area contributed by atoms with Gasteiger partial charge in [-0.25, -0.2) is 4.98 Å². The summed E-state index contributed by atoms with van der Waals surface area (Å²) in [5.41, 5.74) is 1.38. The van der Waals surface area contributed by atoms with Crippen LogP contribution in [0.4, 0.5) is 0 Å². The maximum absolute atomic E-state index is 5.05. The molecule has 1 aliphatic rings. The Balaban J connectivity index is 2.04. The number of aryl methyl sites for hydroxylation is 1. The number of nitrogens with one attached hydrogen (secondary N) is 1. The first kappa shape index (κ1) is 17.0. The zero-order valence-corrected chi connectivity index (χ0v) is 14.7. The molecule has 1 aliphatic carbocycles. The Labute approximate surface area is 134 Å². The maximum atomic E-state index is 5.05. The average Bonchev–Trinajstić information content (AvgIpc) is 2.82. The van der Waals surface area contributed by atoms with Gasteiger partial charge in [0, 0.05) is 17.3 Å². The van der Waals surface area contributed by atoms with E-state index in [0.717, 1.165) is 25.4 Å². The highest BCUT2D eigenvalue weighted by Gasteiger charge is 2.19. The second kappa shape index (κ2) is 9.58. The van der Waals surface area contributed by atoms with Gasteiger partial charge in [0.2, 0.25) is 0 Å². The summed E-state index contributed by atoms with van der Waals surface area (Å²) < 4.78 is 0. The Kier molecular flexibility index (Phi) is 7.73. The molecule has 0 atom stereocenters. The molecule has 120 valence electrons. The van der Waals surface area contributed by atoms with E-state index in [1.165, 1.54) is 73.4 Å². The summed E-state index contributed by atoms with van der Waals surface area (Å²) in [6.45, 7) is 6.63. The summed E-state index contributed by atoms with van der Waals surface area (Å²) in [4.78, 5) is 6.56. The van der Waals surface area contributed by atoms with Gasteiger partial charge < -0.3 is 5.32 Å². The summed E-state index contributed by atoms with van der Waals surface area (Å²) in [5.74, 6) is 0.742. The minimum absolute atomic E-state index is 0.742. The van der Waals surface area contributed by atoms with E-state index in [4.69, 9.17) is 4.98 Å². The van der Waals surface area contributed by atoms with E-state index >= 15 is 0 Å². The fourth-order valence-electron chi connectivity index (χ4n) is 3.23. The molecule has 1 heterocycles. The molecule has 0 saturated heterocycles. The van der Waals surface area contributed by atoms with Crippen LogP contribution in [0.2, 0.25) is 0 Å². The number of hydrogen-bond acceptors (Lipinski definition) is 3. The number of hydrogen-bond donors (Lipinski definition) is 1. The van der Waals surface area contributed by atoms with Gasteiger partial charge in [-0.3, -0.25) is 0 Å². The number of nitrogens with zero attached hydrogens (tertiary/aromatic N) is 1. The molecule has 0 bridgehead atoms. The lowest BCUT2D eigenvalue weighted by molar-refractivity contribution is 0.454. The van der Waals surface area contributed by atoms with Crippen LogP contribution >= 0.6 is 11.3 Å². The first-order chi connectivity index (χ1) is 10.3. The van der Waals surface area contributed by atoms with Crippen LogP contribution in [0, 0.1) is 0 Å². The normalized spacial score (nSPS) is 17.6. The lowest BCUT2D eigenvalue weighted by Crippen LogP contribution is -2.13. The van der Waals surface area contributed by atoms with Crippen LogP contribution in [-0.4, -0.2) is 11.5 Å². The minimum Gasteiger partial charge on any atom is -0.312 e. The third-order valence-electron chi connectivity index (χ3n) is 4.45. The first-order valence-electron chi connectivity index (χ1n) is 9.04. The van der Waals surface area contributed by atoms with Crippen LogP contribution in [0.25, 0.3) is 0 Å². The van der Waals surface area contributed by atoms with Crippen molar-refractivity contribution in [2.24, 2.45) is 0 Å². The molecule has 21 heavy (non-hydrogen) atoms. The van der Waals surface area contributed by atoms with Crippen molar-refractivity contribution in [2.75, 3.05) is 6.54 Å². The molecule has 0 spiro atoms. The largest absolute Gasteiger partial charge is 0.312 e. The van der Waals surface area contributed by atoms with Crippen molar-refractivity contribution in [2.45, 2.75) is 90.5 Å². The van der Waals surface area contributed by atoms with E-state index in [-0.39, 0.29) is 0 Å². The second-order valence-corrected chi connectivity index (χ2v) is 7.51. The average molecular weight is 309 g/mol. The highest BCUT2D eigenvalue weighted by atomic mass is 32.1. The summed E-state index contributed by atoms with van der Waals surface area (Å²) in [6, 6.07) is 0. The highest BCUT2D eigenvalue weighted by molar-refractivity contribution is 7.11. The topological polar surface area (TPSA) is 24.9 Å². The smallest absolute Gasteiger partial charge is 0.0962 e. The van der Waals surface area contributed by atoms with Crippen molar-refractivity contribution in [3.05, 3.63) is 15.6 Å². The predicted octanol–water partition coefficient (Wildman–Crippen LogP) is 5.42. The molecule has 0 unspecified atom stereocenters. The van der Waals surface area contributed by atoms with Crippen LogP contribution < -0.4 is 5.32 Å². The molecule has 0 aromatic carbocycles. The lowest BCUT2D eigenvalue weighted by Gasteiger charge is -2.17. The molecular formula is C18H32N2S. The SMILES string of the molecule is CCCNCc1sc(C2CCCCCCC2)nc1CCC. The van der Waals surface area contributed by atoms with E-state index in [2.05, 4.69) is 19.2 Å². The van der Waals surface area contributed by atoms with Gasteiger partial charge in [-0.05, 0) is 32.2 Å². The molecule has 0 amide bonds. The molecule has 1 aromatic rings. The molecule has 0 radical (unpaired) electrons. The van der Waals surface area contributed by atoms with Gasteiger partial charge in [0.1, 0.15) is 0 Å². The van der Waals surface area contributed by atoms with E-state index in [9.17, 15) is 0 Å². The van der Waals surface area contributed by atoms with Gasteiger partial charge >= 0.3 is 0 Å². The van der Waals surface area contributed by atoms with Gasteiger partial charge in [-0.1, -0.05) is 52.4 Å². The molecule has 1 N–H and O–H groups in total. The van der Waals surface area contributed by atoms with Crippen molar-refractivity contribution >= 4 is 11.3 Å². The highest BCUT2D eigenvalue weighted by Crippen LogP contribution is 2.34. The van der Waals surface area contributed by atoms with Crippen molar-refractivity contribution in [3.8, 4) is 0 Å². The fourth-order valence-corrected chi connectivity index (χ4v) is 4.48. The van der Waals surface area contributed by atoms with Crippen LogP contribution in [0.3, 0.4) is 0 Å². The zero-order chi connectivity index (χ0) is 14.9. The van der Waals surface area contributed by atoms with Gasteiger partial charge in [0.25, 0.3) is 0 Å². The van der Waals surface area contributed by atoms with Crippen molar-refractivity contribution in [1.29, 1.82) is 0 Å². The zero-order valence-electron chi connectivity index (χ0n) is 13.9. The molecule has 1 saturated carbocycles. The standard InChI is InChI=1S/C18H32N2S/c1-3-10-16-17(14-19-13-4-2)21-18(20-16)15-11-8-6-5-7-9-12-15/h15,19H,3-14H2,1-2H3. The molecule has 2 rings (SSSR count). The van der Waals surface area contributed by atoms with Crippen LogP contribution in [0.15, 0.2) is 0 Å². The van der Waals surface area contributed by atoms with Gasteiger partial charge in [0.05, 0.1) is 10.7 Å². The Bertz CT molecular complexity index is 392. The molecule has 1 fully saturated rings. The number of aromatic nitrogens is 1. The molecule has 3 heteroatoms. The lowest BCUT2D eigenvalue weighted by atomic mass is 9.92. The number of thiazole rings is 1. The van der Waals surface area contributed by atoms with Crippen molar-refractivity contribution in [1.82, 2.24) is 10.3 Å². The first-order valence-corrected chi connectivity index (χ1v) is 9.86. The summed E-state index contributed by atoms with van der Waals surface area (Å²) in [5, 5.41) is 5.00.